The highest BCUT2D eigenvalue weighted by atomic mass is 35.5. The van der Waals surface area contributed by atoms with E-state index < -0.39 is 6.04 Å². The van der Waals surface area contributed by atoms with Crippen molar-refractivity contribution < 1.29 is 19.5 Å². The molecule has 1 heterocycles. The van der Waals surface area contributed by atoms with Crippen molar-refractivity contribution in [2.24, 2.45) is 0 Å². The van der Waals surface area contributed by atoms with Gasteiger partial charge in [-0.2, -0.15) is 0 Å². The lowest BCUT2D eigenvalue weighted by atomic mass is 10.1. The molecule has 126 valence electrons. The van der Waals surface area contributed by atoms with E-state index in [1.54, 1.807) is 22.8 Å². The predicted molar refractivity (Wildman–Crippen MR) is 87.0 cm³/mol. The monoisotopic (exact) mass is 340 g/mol. The van der Waals surface area contributed by atoms with Crippen LogP contribution in [0.3, 0.4) is 0 Å². The molecular formula is C16H21ClN2O4. The predicted octanol–water partition coefficient (Wildman–Crippen LogP) is 2.01. The minimum absolute atomic E-state index is 0.00877. The number of hydrogen-bond donors (Lipinski definition) is 1. The summed E-state index contributed by atoms with van der Waals surface area (Å²) >= 11 is 5.95. The highest BCUT2D eigenvalue weighted by Crippen LogP contribution is 2.18. The number of nitrogens with zero attached hydrogens (tertiary/aromatic N) is 2. The van der Waals surface area contributed by atoms with Gasteiger partial charge in [-0.15, -0.1) is 0 Å². The standard InChI is InChI=1S/C15H19ClN2O2.CH2O2/c1-3-7-17-10-14(19)18(11(2)15(17)20)9-12-5-4-6-13(16)8-12;2-1-3/h4-6,8,11H,3,7,9-10H2,1-2H3;1H,(H,2,3)/t11-;/m1./s1. The smallest absolute Gasteiger partial charge is 0.290 e. The molecule has 0 unspecified atom stereocenters. The molecule has 0 aromatic heterocycles. The van der Waals surface area contributed by atoms with Crippen molar-refractivity contribution in [3.8, 4) is 0 Å². The maximum absolute atomic E-state index is 12.2. The van der Waals surface area contributed by atoms with E-state index in [1.807, 2.05) is 25.1 Å². The lowest BCUT2D eigenvalue weighted by molar-refractivity contribution is -0.155. The number of piperazine rings is 1. The molecule has 0 radical (unpaired) electrons. The first-order valence-corrected chi connectivity index (χ1v) is 7.72. The van der Waals surface area contributed by atoms with Gasteiger partial charge in [0.05, 0.1) is 6.54 Å². The van der Waals surface area contributed by atoms with E-state index in [0.717, 1.165) is 12.0 Å². The second kappa shape index (κ2) is 9.15. The molecule has 1 fully saturated rings. The summed E-state index contributed by atoms with van der Waals surface area (Å²) in [5.41, 5.74) is 0.939. The Morgan fingerprint density at radius 2 is 2.04 bits per heavy atom. The van der Waals surface area contributed by atoms with Crippen molar-refractivity contribution in [3.63, 3.8) is 0 Å². The summed E-state index contributed by atoms with van der Waals surface area (Å²) in [6.45, 7) is 4.77. The van der Waals surface area contributed by atoms with Gasteiger partial charge in [0, 0.05) is 18.1 Å². The second-order valence-corrected chi connectivity index (χ2v) is 5.63. The topological polar surface area (TPSA) is 77.9 Å². The quantitative estimate of drug-likeness (QED) is 0.850. The zero-order valence-electron chi connectivity index (χ0n) is 13.2. The molecule has 1 N–H and O–H groups in total. The van der Waals surface area contributed by atoms with Gasteiger partial charge in [0.25, 0.3) is 6.47 Å². The number of hydrogen-bond acceptors (Lipinski definition) is 3. The van der Waals surface area contributed by atoms with Crippen LogP contribution in [0.2, 0.25) is 5.02 Å². The summed E-state index contributed by atoms with van der Waals surface area (Å²) in [6, 6.07) is 6.96. The molecule has 0 spiro atoms. The molecule has 6 nitrogen and oxygen atoms in total. The molecule has 1 aliphatic rings. The van der Waals surface area contributed by atoms with Crippen LogP contribution in [-0.4, -0.2) is 52.3 Å². The summed E-state index contributed by atoms with van der Waals surface area (Å²) < 4.78 is 0. The molecule has 0 aliphatic carbocycles. The maximum Gasteiger partial charge on any atom is 0.290 e. The van der Waals surface area contributed by atoms with Gasteiger partial charge in [0.2, 0.25) is 11.8 Å². The van der Waals surface area contributed by atoms with Gasteiger partial charge >= 0.3 is 0 Å². The van der Waals surface area contributed by atoms with Crippen LogP contribution in [0.4, 0.5) is 0 Å². The Bertz CT molecular complexity index is 565. The van der Waals surface area contributed by atoms with Gasteiger partial charge in [-0.1, -0.05) is 30.7 Å². The van der Waals surface area contributed by atoms with Crippen LogP contribution in [-0.2, 0) is 20.9 Å². The minimum atomic E-state index is -0.415. The molecular weight excluding hydrogens is 320 g/mol. The molecule has 23 heavy (non-hydrogen) atoms. The highest BCUT2D eigenvalue weighted by Gasteiger charge is 2.35. The van der Waals surface area contributed by atoms with Crippen molar-refractivity contribution in [1.29, 1.82) is 0 Å². The number of carboxylic acid groups (broad SMARTS) is 1. The van der Waals surface area contributed by atoms with Gasteiger partial charge in [-0.25, -0.2) is 0 Å². The molecule has 0 bridgehead atoms. The zero-order valence-corrected chi connectivity index (χ0v) is 14.0. The summed E-state index contributed by atoms with van der Waals surface area (Å²) in [5.74, 6) is 0.0130. The van der Waals surface area contributed by atoms with Gasteiger partial charge in [-0.3, -0.25) is 14.4 Å². The van der Waals surface area contributed by atoms with E-state index in [1.165, 1.54) is 0 Å². The molecule has 1 aliphatic heterocycles. The van der Waals surface area contributed by atoms with Crippen LogP contribution in [0.5, 0.6) is 0 Å². The third-order valence-electron chi connectivity index (χ3n) is 3.52. The van der Waals surface area contributed by atoms with Gasteiger partial charge in [0.1, 0.15) is 6.04 Å². The van der Waals surface area contributed by atoms with Crippen molar-refractivity contribution in [1.82, 2.24) is 9.80 Å². The fraction of sp³-hybridized carbons (Fsp3) is 0.438. The summed E-state index contributed by atoms with van der Waals surface area (Å²) in [7, 11) is 0. The highest BCUT2D eigenvalue weighted by molar-refractivity contribution is 6.30. The fourth-order valence-electron chi connectivity index (χ4n) is 2.46. The molecule has 1 aromatic carbocycles. The zero-order chi connectivity index (χ0) is 17.4. The van der Waals surface area contributed by atoms with Crippen molar-refractivity contribution >= 4 is 29.9 Å². The SMILES string of the molecule is CCCN1CC(=O)N(Cc2cccc(Cl)c2)[C@H](C)C1=O.O=CO. The van der Waals surface area contributed by atoms with Crippen molar-refractivity contribution in [2.45, 2.75) is 32.9 Å². The average molecular weight is 341 g/mol. The van der Waals surface area contributed by atoms with Crippen LogP contribution < -0.4 is 0 Å². The average Bonchev–Trinajstić information content (AvgIpc) is 2.50. The third-order valence-corrected chi connectivity index (χ3v) is 3.75. The summed E-state index contributed by atoms with van der Waals surface area (Å²) in [5, 5.41) is 7.53. The van der Waals surface area contributed by atoms with E-state index in [4.69, 9.17) is 21.5 Å². The molecule has 7 heteroatoms. The second-order valence-electron chi connectivity index (χ2n) is 5.19. The third kappa shape index (κ3) is 5.25. The Balaban J connectivity index is 0.000000816. The van der Waals surface area contributed by atoms with Gasteiger partial charge in [-0.05, 0) is 31.0 Å². The van der Waals surface area contributed by atoms with Crippen LogP contribution in [0, 0.1) is 0 Å². The molecule has 2 rings (SSSR count). The van der Waals surface area contributed by atoms with Gasteiger partial charge in [0.15, 0.2) is 0 Å². The van der Waals surface area contributed by atoms with E-state index in [2.05, 4.69) is 0 Å². The molecule has 2 amide bonds. The fourth-order valence-corrected chi connectivity index (χ4v) is 2.67. The first-order chi connectivity index (χ1) is 10.9. The normalized spacial score (nSPS) is 17.6. The Hall–Kier alpha value is -2.08. The van der Waals surface area contributed by atoms with E-state index in [9.17, 15) is 9.59 Å². The molecule has 1 aromatic rings. The summed E-state index contributed by atoms with van der Waals surface area (Å²) in [6.07, 6.45) is 0.861. The summed E-state index contributed by atoms with van der Waals surface area (Å²) in [4.78, 5) is 36.1. The minimum Gasteiger partial charge on any atom is -0.483 e. The molecule has 1 atom stereocenters. The van der Waals surface area contributed by atoms with E-state index >= 15 is 0 Å². The number of benzene rings is 1. The Morgan fingerprint density at radius 3 is 2.61 bits per heavy atom. The van der Waals surface area contributed by atoms with Crippen LogP contribution >= 0.6 is 11.6 Å². The Morgan fingerprint density at radius 1 is 1.39 bits per heavy atom. The van der Waals surface area contributed by atoms with Crippen molar-refractivity contribution in [3.05, 3.63) is 34.9 Å². The van der Waals surface area contributed by atoms with E-state index in [0.29, 0.717) is 18.1 Å². The maximum atomic E-state index is 12.2. The number of rotatable bonds is 4. The number of carbonyl (C=O) groups excluding carboxylic acids is 2. The first kappa shape index (κ1) is 19.0. The van der Waals surface area contributed by atoms with Crippen LogP contribution in [0.15, 0.2) is 24.3 Å². The lowest BCUT2D eigenvalue weighted by Gasteiger charge is -2.38. The van der Waals surface area contributed by atoms with E-state index in [-0.39, 0.29) is 24.8 Å². The Kier molecular flexibility index (Phi) is 7.54. The molecule has 1 saturated heterocycles. The van der Waals surface area contributed by atoms with Crippen molar-refractivity contribution in [2.75, 3.05) is 13.1 Å². The Labute approximate surface area is 140 Å². The lowest BCUT2D eigenvalue weighted by Crippen LogP contribution is -2.58. The molecule has 0 saturated carbocycles. The number of carbonyl (C=O) groups is 3. The number of amides is 2. The first-order valence-electron chi connectivity index (χ1n) is 7.35. The van der Waals surface area contributed by atoms with Gasteiger partial charge < -0.3 is 14.9 Å². The largest absolute Gasteiger partial charge is 0.483 e. The van der Waals surface area contributed by atoms with Crippen LogP contribution in [0.25, 0.3) is 0 Å². The number of halogens is 1. The van der Waals surface area contributed by atoms with Crippen LogP contribution in [0.1, 0.15) is 25.8 Å².